The van der Waals surface area contributed by atoms with Crippen molar-refractivity contribution < 1.29 is 14.3 Å². The van der Waals surface area contributed by atoms with E-state index in [0.717, 1.165) is 5.56 Å². The van der Waals surface area contributed by atoms with Crippen molar-refractivity contribution in [3.05, 3.63) is 83.9 Å². The lowest BCUT2D eigenvalue weighted by molar-refractivity contribution is 0.0319. The molecule has 0 saturated heterocycles. The molecule has 0 fully saturated rings. The summed E-state index contributed by atoms with van der Waals surface area (Å²) in [7, 11) is 0. The van der Waals surface area contributed by atoms with E-state index in [1.165, 1.54) is 6.33 Å². The number of benzene rings is 2. The lowest BCUT2D eigenvalue weighted by Gasteiger charge is -2.12. The van der Waals surface area contributed by atoms with Crippen LogP contribution in [0.5, 0.6) is 0 Å². The first-order valence-electron chi connectivity index (χ1n) is 7.85. The highest BCUT2D eigenvalue weighted by Crippen LogP contribution is 2.11. The van der Waals surface area contributed by atoms with Gasteiger partial charge in [-0.05, 0) is 24.6 Å². The summed E-state index contributed by atoms with van der Waals surface area (Å²) in [5, 5.41) is 4.03. The third kappa shape index (κ3) is 4.17. The highest BCUT2D eigenvalue weighted by Gasteiger charge is 2.20. The molecule has 3 aromatic rings. The van der Waals surface area contributed by atoms with Crippen molar-refractivity contribution in [2.24, 2.45) is 0 Å². The molecule has 1 aromatic heterocycles. The number of rotatable bonds is 6. The average molecular weight is 335 g/mol. The number of hydrogen-bond donors (Lipinski definition) is 0. The fraction of sp³-hybridized carbons (Fsp3) is 0.158. The number of nitrogens with zero attached hydrogens (tertiary/aromatic N) is 3. The summed E-state index contributed by atoms with van der Waals surface area (Å²) in [6.45, 7) is 2.14. The lowest BCUT2D eigenvalue weighted by Crippen LogP contribution is -2.24. The van der Waals surface area contributed by atoms with Gasteiger partial charge in [-0.3, -0.25) is 4.79 Å². The Bertz CT molecular complexity index is 843. The predicted molar refractivity (Wildman–Crippen MR) is 91.2 cm³/mol. The molecule has 0 unspecified atom stereocenters. The molecular formula is C19H17N3O3. The van der Waals surface area contributed by atoms with Gasteiger partial charge in [0.25, 0.3) is 0 Å². The molecule has 6 nitrogen and oxygen atoms in total. The second-order valence-corrected chi connectivity index (χ2v) is 5.57. The molecule has 1 atom stereocenters. The first kappa shape index (κ1) is 16.6. The van der Waals surface area contributed by atoms with Gasteiger partial charge in [0.05, 0.1) is 12.1 Å². The maximum Gasteiger partial charge on any atom is 0.338 e. The van der Waals surface area contributed by atoms with E-state index in [1.807, 2.05) is 18.2 Å². The van der Waals surface area contributed by atoms with E-state index in [2.05, 4.69) is 10.1 Å². The Morgan fingerprint density at radius 3 is 2.40 bits per heavy atom. The van der Waals surface area contributed by atoms with Crippen molar-refractivity contribution in [2.75, 3.05) is 0 Å². The van der Waals surface area contributed by atoms with Gasteiger partial charge >= 0.3 is 5.97 Å². The molecule has 0 saturated carbocycles. The standard InChI is InChI=1S/C19H17N3O3/c1-14(18(23)16-5-3-2-4-6-16)25-19(24)17-9-7-15(8-10-17)11-22-13-20-12-21-22/h2-10,12-14H,11H2,1H3/t14-/m0/s1. The van der Waals surface area contributed by atoms with E-state index in [1.54, 1.807) is 54.3 Å². The SMILES string of the molecule is C[C@H](OC(=O)c1ccc(Cn2cncn2)cc1)C(=O)c1ccccc1. The quantitative estimate of drug-likeness (QED) is 0.511. The third-order valence-electron chi connectivity index (χ3n) is 3.71. The molecule has 25 heavy (non-hydrogen) atoms. The molecule has 126 valence electrons. The van der Waals surface area contributed by atoms with E-state index >= 15 is 0 Å². The van der Waals surface area contributed by atoms with Gasteiger partial charge in [-0.15, -0.1) is 0 Å². The van der Waals surface area contributed by atoms with Crippen LogP contribution in [0.25, 0.3) is 0 Å². The summed E-state index contributed by atoms with van der Waals surface area (Å²) in [6, 6.07) is 15.8. The van der Waals surface area contributed by atoms with Crippen molar-refractivity contribution >= 4 is 11.8 Å². The van der Waals surface area contributed by atoms with Crippen LogP contribution < -0.4 is 0 Å². The molecule has 0 bridgehead atoms. The largest absolute Gasteiger partial charge is 0.451 e. The average Bonchev–Trinajstić information content (AvgIpc) is 3.15. The second-order valence-electron chi connectivity index (χ2n) is 5.57. The molecule has 0 spiro atoms. The first-order valence-corrected chi connectivity index (χ1v) is 7.85. The molecule has 0 aliphatic rings. The number of Topliss-reactive ketones (excluding diaryl/α,β-unsaturated/α-hetero) is 1. The molecule has 2 aromatic carbocycles. The van der Waals surface area contributed by atoms with E-state index < -0.39 is 12.1 Å². The molecule has 1 heterocycles. The van der Waals surface area contributed by atoms with E-state index in [-0.39, 0.29) is 5.78 Å². The Kier molecular flexibility index (Phi) is 4.99. The first-order chi connectivity index (χ1) is 12.1. The Morgan fingerprint density at radius 2 is 1.76 bits per heavy atom. The molecule has 3 rings (SSSR count). The summed E-state index contributed by atoms with van der Waals surface area (Å²) >= 11 is 0. The van der Waals surface area contributed by atoms with Crippen molar-refractivity contribution in [3.8, 4) is 0 Å². The fourth-order valence-corrected chi connectivity index (χ4v) is 2.37. The highest BCUT2D eigenvalue weighted by molar-refractivity contribution is 6.01. The summed E-state index contributed by atoms with van der Waals surface area (Å²) in [6.07, 6.45) is 2.25. The van der Waals surface area contributed by atoms with E-state index in [0.29, 0.717) is 17.7 Å². The minimum Gasteiger partial charge on any atom is -0.451 e. The number of aromatic nitrogens is 3. The zero-order valence-electron chi connectivity index (χ0n) is 13.7. The van der Waals surface area contributed by atoms with Crippen LogP contribution in [-0.4, -0.2) is 32.6 Å². The van der Waals surface area contributed by atoms with Gasteiger partial charge in [-0.25, -0.2) is 14.5 Å². The molecule has 0 radical (unpaired) electrons. The predicted octanol–water partition coefficient (Wildman–Crippen LogP) is 2.75. The van der Waals surface area contributed by atoms with Gasteiger partial charge in [0.1, 0.15) is 12.7 Å². The summed E-state index contributed by atoms with van der Waals surface area (Å²) < 4.78 is 6.97. The summed E-state index contributed by atoms with van der Waals surface area (Å²) in [5.74, 6) is -0.749. The Labute approximate surface area is 145 Å². The van der Waals surface area contributed by atoms with Gasteiger partial charge in [-0.2, -0.15) is 5.10 Å². The Hall–Kier alpha value is -3.28. The number of esters is 1. The van der Waals surface area contributed by atoms with Gasteiger partial charge in [-0.1, -0.05) is 42.5 Å². The van der Waals surface area contributed by atoms with Crippen LogP contribution in [0, 0.1) is 0 Å². The van der Waals surface area contributed by atoms with Crippen LogP contribution in [0.2, 0.25) is 0 Å². The normalized spacial score (nSPS) is 11.7. The maximum absolute atomic E-state index is 12.3. The molecule has 0 aliphatic carbocycles. The van der Waals surface area contributed by atoms with Gasteiger partial charge in [0.15, 0.2) is 6.10 Å². The smallest absolute Gasteiger partial charge is 0.338 e. The molecule has 0 N–H and O–H groups in total. The molecule has 6 heteroatoms. The Morgan fingerprint density at radius 1 is 1.04 bits per heavy atom. The summed E-state index contributed by atoms with van der Waals surface area (Å²) in [4.78, 5) is 28.4. The number of carbonyl (C=O) groups excluding carboxylic acids is 2. The summed E-state index contributed by atoms with van der Waals surface area (Å²) in [5.41, 5.74) is 1.90. The van der Waals surface area contributed by atoms with Crippen LogP contribution in [0.3, 0.4) is 0 Å². The number of hydrogen-bond acceptors (Lipinski definition) is 5. The van der Waals surface area contributed by atoms with E-state index in [9.17, 15) is 9.59 Å². The van der Waals surface area contributed by atoms with Gasteiger partial charge in [0.2, 0.25) is 5.78 Å². The van der Waals surface area contributed by atoms with Crippen molar-refractivity contribution in [2.45, 2.75) is 19.6 Å². The van der Waals surface area contributed by atoms with Gasteiger partial charge < -0.3 is 4.74 Å². The third-order valence-corrected chi connectivity index (χ3v) is 3.71. The van der Waals surface area contributed by atoms with Crippen LogP contribution in [0.4, 0.5) is 0 Å². The number of ether oxygens (including phenoxy) is 1. The number of carbonyl (C=O) groups is 2. The van der Waals surface area contributed by atoms with Crippen LogP contribution in [-0.2, 0) is 11.3 Å². The number of ketones is 1. The zero-order valence-corrected chi connectivity index (χ0v) is 13.7. The minimum atomic E-state index is -0.843. The van der Waals surface area contributed by atoms with Crippen molar-refractivity contribution in [1.82, 2.24) is 14.8 Å². The minimum absolute atomic E-state index is 0.225. The zero-order chi connectivity index (χ0) is 17.6. The van der Waals surface area contributed by atoms with Crippen LogP contribution >= 0.6 is 0 Å². The van der Waals surface area contributed by atoms with Crippen molar-refractivity contribution in [3.63, 3.8) is 0 Å². The second kappa shape index (κ2) is 7.53. The van der Waals surface area contributed by atoms with Crippen LogP contribution in [0.15, 0.2) is 67.3 Å². The monoisotopic (exact) mass is 335 g/mol. The van der Waals surface area contributed by atoms with Gasteiger partial charge in [0, 0.05) is 5.56 Å². The maximum atomic E-state index is 12.3. The van der Waals surface area contributed by atoms with Crippen LogP contribution in [0.1, 0.15) is 33.2 Å². The van der Waals surface area contributed by atoms with E-state index in [4.69, 9.17) is 4.74 Å². The molecular weight excluding hydrogens is 318 g/mol. The Balaban J connectivity index is 1.62. The lowest BCUT2D eigenvalue weighted by atomic mass is 10.1. The molecule has 0 aliphatic heterocycles. The van der Waals surface area contributed by atoms with Crippen molar-refractivity contribution in [1.29, 1.82) is 0 Å². The fourth-order valence-electron chi connectivity index (χ4n) is 2.37. The topological polar surface area (TPSA) is 74.1 Å². The highest BCUT2D eigenvalue weighted by atomic mass is 16.5. The molecule has 0 amide bonds.